The van der Waals surface area contributed by atoms with Crippen LogP contribution in [0.4, 0.5) is 0 Å². The van der Waals surface area contributed by atoms with E-state index in [1.807, 2.05) is 11.9 Å². The minimum Gasteiger partial charge on any atom is -0.317 e. The highest BCUT2D eigenvalue weighted by Gasteiger charge is 2.24. The van der Waals surface area contributed by atoms with Crippen molar-refractivity contribution in [1.82, 2.24) is 10.2 Å². The first-order valence-corrected chi connectivity index (χ1v) is 5.47. The quantitative estimate of drug-likeness (QED) is 0.693. The van der Waals surface area contributed by atoms with Crippen LogP contribution in [-0.2, 0) is 0 Å². The SMILES string of the molecule is CNC1CCC(N(CC#N)CC#N)CC1. The van der Waals surface area contributed by atoms with Crippen LogP contribution in [0.5, 0.6) is 0 Å². The van der Waals surface area contributed by atoms with Crippen molar-refractivity contribution in [3.8, 4) is 12.1 Å². The van der Waals surface area contributed by atoms with Gasteiger partial charge < -0.3 is 5.32 Å². The summed E-state index contributed by atoms with van der Waals surface area (Å²) >= 11 is 0. The Morgan fingerprint density at radius 1 is 1.13 bits per heavy atom. The molecule has 4 heteroatoms. The molecule has 0 aliphatic heterocycles. The molecule has 1 fully saturated rings. The molecule has 0 amide bonds. The van der Waals surface area contributed by atoms with E-state index in [2.05, 4.69) is 17.5 Å². The second-order valence-corrected chi connectivity index (χ2v) is 4.02. The summed E-state index contributed by atoms with van der Waals surface area (Å²) in [5, 5.41) is 20.6. The zero-order valence-electron chi connectivity index (χ0n) is 9.24. The lowest BCUT2D eigenvalue weighted by Gasteiger charge is -2.34. The van der Waals surface area contributed by atoms with Gasteiger partial charge in [-0.2, -0.15) is 10.5 Å². The van der Waals surface area contributed by atoms with Crippen molar-refractivity contribution in [2.75, 3.05) is 20.1 Å². The van der Waals surface area contributed by atoms with Crippen LogP contribution in [0.15, 0.2) is 0 Å². The Bertz CT molecular complexity index is 239. The lowest BCUT2D eigenvalue weighted by atomic mass is 9.90. The van der Waals surface area contributed by atoms with Crippen molar-refractivity contribution in [2.45, 2.75) is 37.8 Å². The maximum absolute atomic E-state index is 8.68. The van der Waals surface area contributed by atoms with Crippen molar-refractivity contribution < 1.29 is 0 Å². The minimum absolute atomic E-state index is 0.377. The third-order valence-corrected chi connectivity index (χ3v) is 3.17. The normalized spacial score (nSPS) is 25.9. The first kappa shape index (κ1) is 12.0. The lowest BCUT2D eigenvalue weighted by molar-refractivity contribution is 0.178. The molecule has 1 N–H and O–H groups in total. The Kier molecular flexibility index (Phi) is 5.10. The molecule has 0 aromatic rings. The zero-order chi connectivity index (χ0) is 11.1. The summed E-state index contributed by atoms with van der Waals surface area (Å²) in [7, 11) is 1.99. The Morgan fingerprint density at radius 3 is 2.07 bits per heavy atom. The maximum atomic E-state index is 8.68. The molecule has 4 nitrogen and oxygen atoms in total. The molecule has 0 heterocycles. The average molecular weight is 206 g/mol. The van der Waals surface area contributed by atoms with Gasteiger partial charge in [0.05, 0.1) is 25.2 Å². The number of nitrogens with one attached hydrogen (secondary N) is 1. The van der Waals surface area contributed by atoms with E-state index in [0.29, 0.717) is 25.2 Å². The molecule has 0 bridgehead atoms. The van der Waals surface area contributed by atoms with E-state index < -0.39 is 0 Å². The Balaban J connectivity index is 2.42. The summed E-state index contributed by atoms with van der Waals surface area (Å²) in [6, 6.07) is 5.31. The van der Waals surface area contributed by atoms with E-state index in [-0.39, 0.29) is 0 Å². The molecule has 1 aliphatic rings. The van der Waals surface area contributed by atoms with Crippen LogP contribution in [0.1, 0.15) is 25.7 Å². The van der Waals surface area contributed by atoms with Gasteiger partial charge in [0, 0.05) is 12.1 Å². The van der Waals surface area contributed by atoms with E-state index in [4.69, 9.17) is 10.5 Å². The third kappa shape index (κ3) is 3.51. The smallest absolute Gasteiger partial charge is 0.0876 e. The standard InChI is InChI=1S/C11H18N4/c1-14-10-2-4-11(5-3-10)15(8-6-12)9-7-13/h10-11,14H,2-5,8-9H2,1H3. The van der Waals surface area contributed by atoms with Gasteiger partial charge in [-0.25, -0.2) is 0 Å². The molecule has 0 atom stereocenters. The maximum Gasteiger partial charge on any atom is 0.0876 e. The molecular weight excluding hydrogens is 188 g/mol. The lowest BCUT2D eigenvalue weighted by Crippen LogP contribution is -2.42. The molecule has 0 saturated heterocycles. The topological polar surface area (TPSA) is 62.9 Å². The minimum atomic E-state index is 0.377. The fraction of sp³-hybridized carbons (Fsp3) is 0.818. The number of nitrogens with zero attached hydrogens (tertiary/aromatic N) is 3. The molecule has 0 spiro atoms. The number of rotatable bonds is 4. The second-order valence-electron chi connectivity index (χ2n) is 4.02. The number of nitriles is 2. The Morgan fingerprint density at radius 2 is 1.67 bits per heavy atom. The highest BCUT2D eigenvalue weighted by Crippen LogP contribution is 2.22. The summed E-state index contributed by atoms with van der Waals surface area (Å²) in [6.45, 7) is 0.755. The molecule has 15 heavy (non-hydrogen) atoms. The van der Waals surface area contributed by atoms with E-state index in [0.717, 1.165) is 25.7 Å². The van der Waals surface area contributed by atoms with Crippen LogP contribution in [0.3, 0.4) is 0 Å². The summed E-state index contributed by atoms with van der Waals surface area (Å²) in [5.41, 5.74) is 0. The van der Waals surface area contributed by atoms with Gasteiger partial charge in [-0.15, -0.1) is 0 Å². The average Bonchev–Trinajstić information content (AvgIpc) is 2.29. The van der Waals surface area contributed by atoms with Crippen molar-refractivity contribution in [3.05, 3.63) is 0 Å². The summed E-state index contributed by atoms with van der Waals surface area (Å²) in [4.78, 5) is 1.99. The summed E-state index contributed by atoms with van der Waals surface area (Å²) < 4.78 is 0. The molecule has 1 aliphatic carbocycles. The van der Waals surface area contributed by atoms with Gasteiger partial charge in [0.25, 0.3) is 0 Å². The van der Waals surface area contributed by atoms with E-state index in [9.17, 15) is 0 Å². The van der Waals surface area contributed by atoms with Gasteiger partial charge in [0.1, 0.15) is 0 Å². The predicted molar refractivity (Wildman–Crippen MR) is 57.9 cm³/mol. The van der Waals surface area contributed by atoms with Crippen LogP contribution < -0.4 is 5.32 Å². The third-order valence-electron chi connectivity index (χ3n) is 3.17. The number of hydrogen-bond acceptors (Lipinski definition) is 4. The summed E-state index contributed by atoms with van der Waals surface area (Å²) in [6.07, 6.45) is 4.48. The molecule has 1 rings (SSSR count). The van der Waals surface area contributed by atoms with E-state index >= 15 is 0 Å². The van der Waals surface area contributed by atoms with Gasteiger partial charge >= 0.3 is 0 Å². The first-order chi connectivity index (χ1) is 7.31. The predicted octanol–water partition coefficient (Wildman–Crippen LogP) is 0.866. The Hall–Kier alpha value is -1.10. The molecule has 0 aromatic carbocycles. The largest absolute Gasteiger partial charge is 0.317 e. The molecule has 0 unspecified atom stereocenters. The van der Waals surface area contributed by atoms with Crippen LogP contribution in [-0.4, -0.2) is 37.1 Å². The fourth-order valence-electron chi connectivity index (χ4n) is 2.23. The highest BCUT2D eigenvalue weighted by molar-refractivity contribution is 4.90. The van der Waals surface area contributed by atoms with Crippen LogP contribution in [0.2, 0.25) is 0 Å². The molecular formula is C11H18N4. The molecule has 82 valence electrons. The van der Waals surface area contributed by atoms with Gasteiger partial charge in [-0.3, -0.25) is 4.90 Å². The highest BCUT2D eigenvalue weighted by atomic mass is 15.1. The van der Waals surface area contributed by atoms with Gasteiger partial charge in [-0.05, 0) is 32.7 Å². The zero-order valence-corrected chi connectivity index (χ0v) is 9.24. The van der Waals surface area contributed by atoms with E-state index in [1.165, 1.54) is 0 Å². The van der Waals surface area contributed by atoms with E-state index in [1.54, 1.807) is 0 Å². The van der Waals surface area contributed by atoms with Crippen molar-refractivity contribution >= 4 is 0 Å². The first-order valence-electron chi connectivity index (χ1n) is 5.47. The molecule has 0 radical (unpaired) electrons. The molecule has 0 aromatic heterocycles. The summed E-state index contributed by atoms with van der Waals surface area (Å²) in [5.74, 6) is 0. The monoisotopic (exact) mass is 206 g/mol. The van der Waals surface area contributed by atoms with Crippen molar-refractivity contribution in [1.29, 1.82) is 10.5 Å². The fourth-order valence-corrected chi connectivity index (χ4v) is 2.23. The van der Waals surface area contributed by atoms with Gasteiger partial charge in [0.2, 0.25) is 0 Å². The van der Waals surface area contributed by atoms with Crippen LogP contribution in [0.25, 0.3) is 0 Å². The Labute approximate surface area is 91.5 Å². The van der Waals surface area contributed by atoms with Crippen LogP contribution >= 0.6 is 0 Å². The van der Waals surface area contributed by atoms with Gasteiger partial charge in [0.15, 0.2) is 0 Å². The van der Waals surface area contributed by atoms with Crippen molar-refractivity contribution in [3.63, 3.8) is 0 Å². The van der Waals surface area contributed by atoms with Crippen molar-refractivity contribution in [2.24, 2.45) is 0 Å². The molecule has 1 saturated carbocycles. The van der Waals surface area contributed by atoms with Crippen LogP contribution in [0, 0.1) is 22.7 Å². The number of hydrogen-bond donors (Lipinski definition) is 1. The van der Waals surface area contributed by atoms with Gasteiger partial charge in [-0.1, -0.05) is 0 Å². The second kappa shape index (κ2) is 6.40.